The Morgan fingerprint density at radius 2 is 2.04 bits per heavy atom. The molecule has 0 unspecified atom stereocenters. The molecule has 0 radical (unpaired) electrons. The van der Waals surface area contributed by atoms with Gasteiger partial charge in [0, 0.05) is 25.5 Å². The monoisotopic (exact) mass is 360 g/mol. The molecule has 3 heterocycles. The molecule has 1 aliphatic heterocycles. The van der Waals surface area contributed by atoms with Gasteiger partial charge in [0.15, 0.2) is 0 Å². The van der Waals surface area contributed by atoms with Crippen LogP contribution in [-0.2, 0) is 16.4 Å². The minimum absolute atomic E-state index is 0.420. The Balaban J connectivity index is 1.57. The van der Waals surface area contributed by atoms with Gasteiger partial charge >= 0.3 is 0 Å². The van der Waals surface area contributed by atoms with Gasteiger partial charge in [-0.05, 0) is 61.4 Å². The highest BCUT2D eigenvalue weighted by atomic mass is 32.2. The number of aryl methyl sites for hydroxylation is 1. The van der Waals surface area contributed by atoms with Crippen LogP contribution in [0.3, 0.4) is 0 Å². The first-order valence-corrected chi connectivity index (χ1v) is 10.4. The van der Waals surface area contributed by atoms with Crippen molar-refractivity contribution in [2.24, 2.45) is 5.92 Å². The second kappa shape index (κ2) is 7.93. The van der Waals surface area contributed by atoms with Gasteiger partial charge < -0.3 is 5.32 Å². The normalized spacial score (nSPS) is 18.8. The lowest BCUT2D eigenvalue weighted by molar-refractivity contribution is 0.257. The molecule has 0 aromatic carbocycles. The van der Waals surface area contributed by atoms with E-state index >= 15 is 0 Å². The van der Waals surface area contributed by atoms with E-state index in [-0.39, 0.29) is 0 Å². The van der Waals surface area contributed by atoms with E-state index in [1.807, 2.05) is 30.3 Å². The fraction of sp³-hybridized carbons (Fsp3) is 0.444. The van der Waals surface area contributed by atoms with Gasteiger partial charge in [-0.1, -0.05) is 6.07 Å². The van der Waals surface area contributed by atoms with E-state index < -0.39 is 10.0 Å². The number of anilines is 2. The van der Waals surface area contributed by atoms with Crippen molar-refractivity contribution in [3.8, 4) is 0 Å². The van der Waals surface area contributed by atoms with Gasteiger partial charge in [0.05, 0.1) is 6.26 Å². The molecule has 1 N–H and O–H groups in total. The van der Waals surface area contributed by atoms with Crippen LogP contribution in [0.5, 0.6) is 0 Å². The van der Waals surface area contributed by atoms with Crippen LogP contribution in [0.4, 0.5) is 11.6 Å². The van der Waals surface area contributed by atoms with Crippen molar-refractivity contribution in [1.82, 2.24) is 14.3 Å². The van der Waals surface area contributed by atoms with Gasteiger partial charge in [-0.25, -0.2) is 22.7 Å². The summed E-state index contributed by atoms with van der Waals surface area (Å²) in [6, 6.07) is 9.75. The lowest BCUT2D eigenvalue weighted by Crippen LogP contribution is -2.39. The second-order valence-corrected chi connectivity index (χ2v) is 8.54. The molecule has 0 amide bonds. The van der Waals surface area contributed by atoms with Crippen molar-refractivity contribution in [1.29, 1.82) is 0 Å². The van der Waals surface area contributed by atoms with Crippen LogP contribution in [0.1, 0.15) is 24.8 Å². The Labute approximate surface area is 149 Å². The summed E-state index contributed by atoms with van der Waals surface area (Å²) in [5, 5.41) is 3.20. The van der Waals surface area contributed by atoms with Crippen LogP contribution >= 0.6 is 0 Å². The van der Waals surface area contributed by atoms with Crippen LogP contribution < -0.4 is 5.32 Å². The van der Waals surface area contributed by atoms with E-state index in [2.05, 4.69) is 15.3 Å². The first-order chi connectivity index (χ1) is 12.0. The van der Waals surface area contributed by atoms with Crippen molar-refractivity contribution < 1.29 is 8.42 Å². The van der Waals surface area contributed by atoms with E-state index in [0.29, 0.717) is 19.0 Å². The maximum Gasteiger partial charge on any atom is 0.211 e. The van der Waals surface area contributed by atoms with E-state index in [0.717, 1.165) is 37.3 Å². The summed E-state index contributed by atoms with van der Waals surface area (Å²) >= 11 is 0. The Bertz CT molecular complexity index is 796. The maximum absolute atomic E-state index is 11.7. The fourth-order valence-corrected chi connectivity index (χ4v) is 4.14. The summed E-state index contributed by atoms with van der Waals surface area (Å²) in [4.78, 5) is 8.58. The van der Waals surface area contributed by atoms with Gasteiger partial charge in [-0.2, -0.15) is 0 Å². The third-order valence-electron chi connectivity index (χ3n) is 4.54. The molecule has 0 spiro atoms. The van der Waals surface area contributed by atoms with Gasteiger partial charge in [-0.3, -0.25) is 0 Å². The summed E-state index contributed by atoms with van der Waals surface area (Å²) < 4.78 is 25.1. The molecule has 1 aliphatic rings. The molecule has 0 bridgehead atoms. The van der Waals surface area contributed by atoms with Crippen LogP contribution in [0.2, 0.25) is 0 Å². The molecule has 7 heteroatoms. The van der Waals surface area contributed by atoms with Crippen LogP contribution in [0, 0.1) is 5.92 Å². The molecule has 6 nitrogen and oxygen atoms in total. The molecule has 0 aliphatic carbocycles. The summed E-state index contributed by atoms with van der Waals surface area (Å²) in [6.45, 7) is 1.30. The van der Waals surface area contributed by atoms with Crippen molar-refractivity contribution in [2.45, 2.75) is 25.7 Å². The topological polar surface area (TPSA) is 75.2 Å². The summed E-state index contributed by atoms with van der Waals surface area (Å²) in [5.74, 6) is 1.96. The van der Waals surface area contributed by atoms with E-state index in [1.54, 1.807) is 16.7 Å². The van der Waals surface area contributed by atoms with Crippen molar-refractivity contribution in [3.05, 3.63) is 48.3 Å². The third kappa shape index (κ3) is 5.24. The molecule has 0 saturated carbocycles. The lowest BCUT2D eigenvalue weighted by atomic mass is 9.93. The zero-order valence-electron chi connectivity index (χ0n) is 14.4. The van der Waals surface area contributed by atoms with Gasteiger partial charge in [0.25, 0.3) is 0 Å². The Hall–Kier alpha value is -1.99. The SMILES string of the molecule is CS(=O)(=O)N1CCC[C@@H](CCc2ccnc(Nc3ccccn3)c2)C1. The molecule has 25 heavy (non-hydrogen) atoms. The minimum atomic E-state index is -3.08. The molecule has 2 aromatic rings. The number of sulfonamides is 1. The minimum Gasteiger partial charge on any atom is -0.325 e. The van der Waals surface area contributed by atoms with Crippen LogP contribution in [-0.4, -0.2) is 42.0 Å². The highest BCUT2D eigenvalue weighted by Gasteiger charge is 2.25. The first kappa shape index (κ1) is 17.8. The zero-order chi connectivity index (χ0) is 17.7. The average Bonchev–Trinajstić information content (AvgIpc) is 2.61. The van der Waals surface area contributed by atoms with Crippen molar-refractivity contribution in [2.75, 3.05) is 24.7 Å². The number of nitrogens with zero attached hydrogens (tertiary/aromatic N) is 3. The number of hydrogen-bond donors (Lipinski definition) is 1. The number of hydrogen-bond acceptors (Lipinski definition) is 5. The van der Waals surface area contributed by atoms with E-state index in [1.165, 1.54) is 11.8 Å². The Morgan fingerprint density at radius 1 is 1.20 bits per heavy atom. The molecule has 1 saturated heterocycles. The molecule has 2 aromatic heterocycles. The van der Waals surface area contributed by atoms with E-state index in [9.17, 15) is 8.42 Å². The predicted molar refractivity (Wildman–Crippen MR) is 99.2 cm³/mol. The summed E-state index contributed by atoms with van der Waals surface area (Å²) in [6.07, 6.45) is 8.78. The molecule has 1 atom stereocenters. The number of aromatic nitrogens is 2. The van der Waals surface area contributed by atoms with E-state index in [4.69, 9.17) is 0 Å². The first-order valence-electron chi connectivity index (χ1n) is 8.59. The fourth-order valence-electron chi connectivity index (χ4n) is 3.20. The molecule has 3 rings (SSSR count). The molecule has 1 fully saturated rings. The lowest BCUT2D eigenvalue weighted by Gasteiger charge is -2.31. The smallest absolute Gasteiger partial charge is 0.211 e. The van der Waals surface area contributed by atoms with Crippen molar-refractivity contribution in [3.63, 3.8) is 0 Å². The number of nitrogens with one attached hydrogen (secondary N) is 1. The number of rotatable bonds is 6. The molecular weight excluding hydrogens is 336 g/mol. The standard InChI is InChI=1S/C18H24N4O2S/c1-25(23,24)22-12-4-5-16(14-22)8-7-15-9-11-20-18(13-15)21-17-6-2-3-10-19-17/h2-3,6,9-11,13,16H,4-5,7-8,12,14H2,1H3,(H,19,20,21)/t16-/m0/s1. The Morgan fingerprint density at radius 3 is 2.80 bits per heavy atom. The predicted octanol–water partition coefficient (Wildman–Crippen LogP) is 2.82. The van der Waals surface area contributed by atoms with Gasteiger partial charge in [0.1, 0.15) is 11.6 Å². The zero-order valence-corrected chi connectivity index (χ0v) is 15.2. The van der Waals surface area contributed by atoms with Crippen molar-refractivity contribution >= 4 is 21.7 Å². The Kier molecular flexibility index (Phi) is 5.65. The highest BCUT2D eigenvalue weighted by molar-refractivity contribution is 7.88. The van der Waals surface area contributed by atoms with Crippen LogP contribution in [0.15, 0.2) is 42.7 Å². The number of pyridine rings is 2. The maximum atomic E-state index is 11.7. The second-order valence-electron chi connectivity index (χ2n) is 6.56. The average molecular weight is 360 g/mol. The highest BCUT2D eigenvalue weighted by Crippen LogP contribution is 2.23. The van der Waals surface area contributed by atoms with Crippen LogP contribution in [0.25, 0.3) is 0 Å². The summed E-state index contributed by atoms with van der Waals surface area (Å²) in [5.41, 5.74) is 1.20. The third-order valence-corrected chi connectivity index (χ3v) is 5.81. The largest absolute Gasteiger partial charge is 0.325 e. The number of piperidine rings is 1. The molecule has 134 valence electrons. The van der Waals surface area contributed by atoms with Gasteiger partial charge in [-0.15, -0.1) is 0 Å². The summed E-state index contributed by atoms with van der Waals surface area (Å²) in [7, 11) is -3.08. The molecular formula is C18H24N4O2S. The quantitative estimate of drug-likeness (QED) is 0.857. The van der Waals surface area contributed by atoms with Gasteiger partial charge in [0.2, 0.25) is 10.0 Å².